The standard InChI is InChI=1S/C14H18O2/c15-2-14(3-16)12-8-4-1-5-7-6(4)10(12)11(7)13(14)9(5)8/h4-13,15-16H,1-3H2/t4-,5+,6-,7+,8-,9-,10+,11+,12+,13+/m1/s1. The molecule has 7 saturated carbocycles. The van der Waals surface area contributed by atoms with Gasteiger partial charge in [0.25, 0.3) is 0 Å². The lowest BCUT2D eigenvalue weighted by Crippen LogP contribution is -2.41. The lowest BCUT2D eigenvalue weighted by Gasteiger charge is -2.44. The van der Waals surface area contributed by atoms with E-state index in [4.69, 9.17) is 0 Å². The molecule has 7 fully saturated rings. The van der Waals surface area contributed by atoms with Gasteiger partial charge in [0.15, 0.2) is 0 Å². The van der Waals surface area contributed by atoms with Gasteiger partial charge in [-0.15, -0.1) is 0 Å². The maximum absolute atomic E-state index is 9.87. The molecular formula is C14H18O2. The number of aliphatic hydroxyl groups excluding tert-OH is 2. The number of hydrogen-bond acceptors (Lipinski definition) is 2. The SMILES string of the molecule is OCC1(CO)[C@@H]2[C@H]3[C@@H]4[C@H]5C[C@H]6[C@@H]4[C@@H]3[C@@H]1[C@H]6[C@@H]52. The lowest BCUT2D eigenvalue weighted by atomic mass is 9.60. The quantitative estimate of drug-likeness (QED) is 0.712. The van der Waals surface area contributed by atoms with Crippen molar-refractivity contribution in [2.24, 2.45) is 64.6 Å². The van der Waals surface area contributed by atoms with Crippen LogP contribution < -0.4 is 0 Å². The summed E-state index contributed by atoms with van der Waals surface area (Å²) in [6.45, 7) is 0.523. The number of aliphatic hydroxyl groups is 2. The van der Waals surface area contributed by atoms with E-state index in [0.717, 1.165) is 59.2 Å². The molecule has 0 saturated heterocycles. The number of hydrogen-bond donors (Lipinski definition) is 2. The smallest absolute Gasteiger partial charge is 0.0515 e. The second-order valence-electron chi connectivity index (χ2n) is 7.63. The minimum Gasteiger partial charge on any atom is -0.396 e. The van der Waals surface area contributed by atoms with Crippen molar-refractivity contribution in [1.29, 1.82) is 0 Å². The summed E-state index contributed by atoms with van der Waals surface area (Å²) in [5.74, 6) is 9.33. The van der Waals surface area contributed by atoms with Crippen LogP contribution in [0.4, 0.5) is 0 Å². The molecule has 0 heterocycles. The van der Waals surface area contributed by atoms with E-state index >= 15 is 0 Å². The molecule has 7 rings (SSSR count). The molecule has 0 unspecified atom stereocenters. The molecule has 0 aromatic heterocycles. The van der Waals surface area contributed by atoms with Crippen LogP contribution in [0.1, 0.15) is 6.42 Å². The third-order valence-corrected chi connectivity index (χ3v) is 8.32. The molecule has 0 amide bonds. The summed E-state index contributed by atoms with van der Waals surface area (Å²) in [5, 5.41) is 19.7. The average molecular weight is 218 g/mol. The van der Waals surface area contributed by atoms with Crippen molar-refractivity contribution in [1.82, 2.24) is 0 Å². The molecule has 10 atom stereocenters. The Hall–Kier alpha value is -0.0800. The Labute approximate surface area is 95.0 Å². The Balaban J connectivity index is 1.67. The molecule has 0 radical (unpaired) electrons. The van der Waals surface area contributed by atoms with Crippen molar-refractivity contribution in [3.05, 3.63) is 0 Å². The van der Waals surface area contributed by atoms with E-state index in [2.05, 4.69) is 0 Å². The largest absolute Gasteiger partial charge is 0.396 e. The van der Waals surface area contributed by atoms with Crippen LogP contribution in [0.3, 0.4) is 0 Å². The van der Waals surface area contributed by atoms with E-state index in [1.807, 2.05) is 0 Å². The average Bonchev–Trinajstić information content (AvgIpc) is 2.88. The first kappa shape index (κ1) is 8.10. The zero-order valence-electron chi connectivity index (χ0n) is 9.29. The van der Waals surface area contributed by atoms with Crippen LogP contribution >= 0.6 is 0 Å². The Bertz CT molecular complexity index is 377. The van der Waals surface area contributed by atoms with Crippen molar-refractivity contribution in [2.45, 2.75) is 6.42 Å². The summed E-state index contributed by atoms with van der Waals surface area (Å²) in [6.07, 6.45) is 1.53. The topological polar surface area (TPSA) is 40.5 Å². The van der Waals surface area contributed by atoms with Crippen molar-refractivity contribution in [3.63, 3.8) is 0 Å². The molecule has 0 aromatic carbocycles. The van der Waals surface area contributed by atoms with Crippen molar-refractivity contribution < 1.29 is 10.2 Å². The van der Waals surface area contributed by atoms with E-state index in [0.29, 0.717) is 0 Å². The minimum absolute atomic E-state index is 0.0401. The fourth-order valence-corrected chi connectivity index (χ4v) is 8.76. The molecule has 16 heavy (non-hydrogen) atoms. The second-order valence-corrected chi connectivity index (χ2v) is 7.63. The minimum atomic E-state index is -0.0401. The van der Waals surface area contributed by atoms with Gasteiger partial charge < -0.3 is 10.2 Å². The molecular weight excluding hydrogens is 200 g/mol. The van der Waals surface area contributed by atoms with Crippen molar-refractivity contribution in [3.8, 4) is 0 Å². The molecule has 86 valence electrons. The zero-order chi connectivity index (χ0) is 10.4. The summed E-state index contributed by atoms with van der Waals surface area (Å²) < 4.78 is 0. The van der Waals surface area contributed by atoms with Crippen LogP contribution in [0.2, 0.25) is 0 Å². The zero-order valence-corrected chi connectivity index (χ0v) is 9.29. The van der Waals surface area contributed by atoms with Crippen LogP contribution in [-0.2, 0) is 0 Å². The Morgan fingerprint density at radius 2 is 1.25 bits per heavy atom. The molecule has 4 bridgehead atoms. The van der Waals surface area contributed by atoms with Gasteiger partial charge in [0.05, 0.1) is 13.2 Å². The van der Waals surface area contributed by atoms with E-state index in [1.54, 1.807) is 0 Å². The molecule has 2 nitrogen and oxygen atoms in total. The third-order valence-electron chi connectivity index (χ3n) is 8.32. The highest BCUT2D eigenvalue weighted by molar-refractivity contribution is 5.38. The summed E-state index contributed by atoms with van der Waals surface area (Å²) >= 11 is 0. The lowest BCUT2D eigenvalue weighted by molar-refractivity contribution is 0.00446. The Morgan fingerprint density at radius 1 is 0.750 bits per heavy atom. The van der Waals surface area contributed by atoms with Crippen molar-refractivity contribution in [2.75, 3.05) is 13.2 Å². The van der Waals surface area contributed by atoms with Gasteiger partial charge in [-0.25, -0.2) is 0 Å². The van der Waals surface area contributed by atoms with Crippen LogP contribution in [0.5, 0.6) is 0 Å². The highest BCUT2D eigenvalue weighted by Gasteiger charge is 2.91. The van der Waals surface area contributed by atoms with Gasteiger partial charge in [-0.2, -0.15) is 0 Å². The fourth-order valence-electron chi connectivity index (χ4n) is 8.76. The van der Waals surface area contributed by atoms with Gasteiger partial charge in [0, 0.05) is 5.41 Å². The summed E-state index contributed by atoms with van der Waals surface area (Å²) in [4.78, 5) is 0. The monoisotopic (exact) mass is 218 g/mol. The Morgan fingerprint density at radius 3 is 1.69 bits per heavy atom. The van der Waals surface area contributed by atoms with Gasteiger partial charge in [0.1, 0.15) is 0 Å². The van der Waals surface area contributed by atoms with Crippen LogP contribution in [0.15, 0.2) is 0 Å². The molecule has 0 aromatic rings. The van der Waals surface area contributed by atoms with E-state index in [9.17, 15) is 10.2 Å². The molecule has 0 spiro atoms. The second kappa shape index (κ2) is 1.91. The van der Waals surface area contributed by atoms with Gasteiger partial charge in [-0.1, -0.05) is 0 Å². The van der Waals surface area contributed by atoms with Gasteiger partial charge in [0.2, 0.25) is 0 Å². The highest BCUT2D eigenvalue weighted by atomic mass is 16.3. The maximum Gasteiger partial charge on any atom is 0.0515 e. The number of rotatable bonds is 2. The first-order valence-corrected chi connectivity index (χ1v) is 7.07. The highest BCUT2D eigenvalue weighted by Crippen LogP contribution is 2.94. The predicted molar refractivity (Wildman–Crippen MR) is 56.1 cm³/mol. The normalized spacial score (nSPS) is 76.9. The van der Waals surface area contributed by atoms with Crippen LogP contribution in [0, 0.1) is 64.6 Å². The molecule has 2 N–H and O–H groups in total. The molecule has 7 aliphatic carbocycles. The van der Waals surface area contributed by atoms with Gasteiger partial charge in [-0.05, 0) is 65.6 Å². The van der Waals surface area contributed by atoms with Crippen LogP contribution in [0.25, 0.3) is 0 Å². The van der Waals surface area contributed by atoms with Crippen LogP contribution in [-0.4, -0.2) is 23.4 Å². The van der Waals surface area contributed by atoms with E-state index < -0.39 is 0 Å². The van der Waals surface area contributed by atoms with E-state index in [-0.39, 0.29) is 18.6 Å². The first-order chi connectivity index (χ1) is 7.85. The third kappa shape index (κ3) is 0.425. The van der Waals surface area contributed by atoms with Gasteiger partial charge in [-0.3, -0.25) is 0 Å². The summed E-state index contributed by atoms with van der Waals surface area (Å²) in [6, 6.07) is 0. The van der Waals surface area contributed by atoms with Crippen molar-refractivity contribution >= 4 is 0 Å². The molecule has 2 heteroatoms. The van der Waals surface area contributed by atoms with Gasteiger partial charge >= 0.3 is 0 Å². The Kier molecular flexibility index (Phi) is 0.966. The first-order valence-electron chi connectivity index (χ1n) is 7.07. The summed E-state index contributed by atoms with van der Waals surface area (Å²) in [7, 11) is 0. The fraction of sp³-hybridized carbons (Fsp3) is 1.00. The maximum atomic E-state index is 9.87. The van der Waals surface area contributed by atoms with E-state index in [1.165, 1.54) is 6.42 Å². The predicted octanol–water partition coefficient (Wildman–Crippen LogP) is 0.591. The molecule has 0 aliphatic heterocycles. The summed E-state index contributed by atoms with van der Waals surface area (Å²) in [5.41, 5.74) is -0.0401. The molecule has 7 aliphatic rings.